The van der Waals surface area contributed by atoms with Crippen LogP contribution in [0.4, 0.5) is 5.95 Å². The summed E-state index contributed by atoms with van der Waals surface area (Å²) in [5, 5.41) is 11.5. The molecule has 0 unspecified atom stereocenters. The molecule has 0 saturated carbocycles. The van der Waals surface area contributed by atoms with Crippen LogP contribution in [0.3, 0.4) is 0 Å². The molecule has 4 N–H and O–H groups in total. The Morgan fingerprint density at radius 2 is 1.47 bits per heavy atom. The van der Waals surface area contributed by atoms with Gasteiger partial charge in [-0.25, -0.2) is 9.97 Å². The van der Waals surface area contributed by atoms with Crippen molar-refractivity contribution in [3.8, 4) is 11.5 Å². The number of anilines is 1. The van der Waals surface area contributed by atoms with Gasteiger partial charge < -0.3 is 35.6 Å². The van der Waals surface area contributed by atoms with Crippen LogP contribution in [0.15, 0.2) is 67.0 Å². The minimum absolute atomic E-state index is 0.173. The summed E-state index contributed by atoms with van der Waals surface area (Å²) in [6.07, 6.45) is 3.75. The molecule has 13 nitrogen and oxygen atoms in total. The molecule has 2 bridgehead atoms. The maximum absolute atomic E-state index is 14.0. The van der Waals surface area contributed by atoms with Gasteiger partial charge in [-0.3, -0.25) is 19.2 Å². The van der Waals surface area contributed by atoms with E-state index in [-0.39, 0.29) is 32.4 Å². The fraction of sp³-hybridized carbons (Fsp3) is 0.394. The zero-order valence-corrected chi connectivity index (χ0v) is 27.0. The Hall–Kier alpha value is -4.91. The largest absolute Gasteiger partial charge is 0.492 e. The van der Waals surface area contributed by atoms with Crippen molar-refractivity contribution in [2.45, 2.75) is 56.8 Å². The van der Waals surface area contributed by atoms with Crippen molar-refractivity contribution in [2.24, 2.45) is 0 Å². The number of ether oxygens (including phenoxy) is 2. The number of carbonyl (C=O) groups excluding carboxylic acids is 4. The lowest BCUT2D eigenvalue weighted by atomic mass is 9.89. The van der Waals surface area contributed by atoms with E-state index in [9.17, 15) is 19.2 Å². The standard InChI is InChI=1S/C33H38ClN7O6/c1-21-28(42)35-14-17-46-25-8-10-26(11-9-25)47-33(12-15-41(16-13-33)32-36-19-24(34)20-37-32)31(45)39-22(2)29(43)40-27(30(44)38-21)18-23-6-4-3-5-7-23/h3-11,19-22,27H,12-18H2,1-2H3,(H,35,42)(H,38,44)(H,39,45)(H,40,43)/t21-,22-,27-/m0/s1. The molecule has 3 atom stereocenters. The van der Waals surface area contributed by atoms with Crippen LogP contribution in [0.1, 0.15) is 32.3 Å². The van der Waals surface area contributed by atoms with Crippen LogP contribution < -0.4 is 35.6 Å². The second-order valence-corrected chi connectivity index (χ2v) is 12.0. The zero-order valence-electron chi connectivity index (χ0n) is 26.2. The molecule has 3 aliphatic heterocycles. The molecule has 4 amide bonds. The van der Waals surface area contributed by atoms with Crippen LogP contribution in [0.25, 0.3) is 0 Å². The summed E-state index contributed by atoms with van der Waals surface area (Å²) in [4.78, 5) is 64.1. The summed E-state index contributed by atoms with van der Waals surface area (Å²) in [6.45, 7) is 4.30. The van der Waals surface area contributed by atoms with E-state index < -0.39 is 47.4 Å². The highest BCUT2D eigenvalue weighted by molar-refractivity contribution is 6.30. The average molecular weight is 664 g/mol. The molecule has 1 aromatic heterocycles. The third-order valence-corrected chi connectivity index (χ3v) is 8.29. The molecule has 0 aliphatic carbocycles. The van der Waals surface area contributed by atoms with Gasteiger partial charge in [0.2, 0.25) is 23.7 Å². The molecule has 47 heavy (non-hydrogen) atoms. The average Bonchev–Trinajstić information content (AvgIpc) is 3.07. The van der Waals surface area contributed by atoms with Crippen LogP contribution in [0, 0.1) is 0 Å². The smallest absolute Gasteiger partial charge is 0.264 e. The number of halogens is 1. The number of nitrogens with zero attached hydrogens (tertiary/aromatic N) is 3. The maximum Gasteiger partial charge on any atom is 0.264 e. The van der Waals surface area contributed by atoms with E-state index in [2.05, 4.69) is 31.2 Å². The second-order valence-electron chi connectivity index (χ2n) is 11.6. The van der Waals surface area contributed by atoms with Crippen LogP contribution in [0.5, 0.6) is 11.5 Å². The number of nitrogens with one attached hydrogen (secondary N) is 4. The number of benzene rings is 2. The summed E-state index contributed by atoms with van der Waals surface area (Å²) >= 11 is 5.96. The second kappa shape index (κ2) is 15.1. The Kier molecular flexibility index (Phi) is 10.8. The number of aromatic nitrogens is 2. The molecule has 1 spiro atoms. The van der Waals surface area contributed by atoms with Crippen molar-refractivity contribution in [2.75, 3.05) is 31.1 Å². The molecule has 3 aliphatic rings. The Balaban J connectivity index is 1.39. The van der Waals surface area contributed by atoms with Crippen LogP contribution in [-0.4, -0.2) is 83.6 Å². The monoisotopic (exact) mass is 663 g/mol. The van der Waals surface area contributed by atoms with Crippen molar-refractivity contribution in [1.82, 2.24) is 31.2 Å². The highest BCUT2D eigenvalue weighted by Crippen LogP contribution is 2.32. The van der Waals surface area contributed by atoms with E-state index in [1.807, 2.05) is 35.2 Å². The molecule has 0 radical (unpaired) electrons. The van der Waals surface area contributed by atoms with Gasteiger partial charge in [0.1, 0.15) is 36.2 Å². The molecule has 14 heteroatoms. The normalized spacial score (nSPS) is 22.6. The molecule has 2 aromatic carbocycles. The fourth-order valence-electron chi connectivity index (χ4n) is 5.37. The SMILES string of the molecule is C[C@@H]1NC(=O)[C@H](Cc2ccccc2)NC(=O)[C@H](C)NC(=O)C2(CCN(c3ncc(Cl)cn3)CC2)Oc2ccc(cc2)OCCNC1=O. The van der Waals surface area contributed by atoms with Gasteiger partial charge in [-0.1, -0.05) is 41.9 Å². The van der Waals surface area contributed by atoms with Crippen molar-refractivity contribution in [1.29, 1.82) is 0 Å². The predicted octanol–water partition coefficient (Wildman–Crippen LogP) is 1.79. The number of rotatable bonds is 3. The molecule has 6 rings (SSSR count). The molecular weight excluding hydrogens is 626 g/mol. The summed E-state index contributed by atoms with van der Waals surface area (Å²) in [5.74, 6) is -0.499. The minimum atomic E-state index is -1.32. The van der Waals surface area contributed by atoms with Gasteiger partial charge in [0.05, 0.1) is 24.0 Å². The van der Waals surface area contributed by atoms with Gasteiger partial charge in [-0.15, -0.1) is 0 Å². The van der Waals surface area contributed by atoms with Gasteiger partial charge in [-0.2, -0.15) is 0 Å². The van der Waals surface area contributed by atoms with E-state index in [1.165, 1.54) is 12.4 Å². The summed E-state index contributed by atoms with van der Waals surface area (Å²) in [7, 11) is 0. The third-order valence-electron chi connectivity index (χ3n) is 8.09. The third kappa shape index (κ3) is 8.67. The molecule has 248 valence electrons. The Labute approximate surface area is 277 Å². The number of amides is 4. The fourth-order valence-corrected chi connectivity index (χ4v) is 5.46. The van der Waals surface area contributed by atoms with Crippen LogP contribution >= 0.6 is 11.6 Å². The van der Waals surface area contributed by atoms with E-state index in [0.717, 1.165) is 5.56 Å². The highest BCUT2D eigenvalue weighted by atomic mass is 35.5. The molecule has 3 aromatic rings. The number of hydrogen-bond acceptors (Lipinski definition) is 9. The highest BCUT2D eigenvalue weighted by Gasteiger charge is 2.45. The first-order valence-corrected chi connectivity index (χ1v) is 15.9. The van der Waals surface area contributed by atoms with E-state index in [0.29, 0.717) is 35.6 Å². The Morgan fingerprint density at radius 1 is 0.830 bits per heavy atom. The quantitative estimate of drug-likeness (QED) is 0.306. The van der Waals surface area contributed by atoms with Crippen molar-refractivity contribution < 1.29 is 28.7 Å². The minimum Gasteiger partial charge on any atom is -0.492 e. The van der Waals surface area contributed by atoms with Gasteiger partial charge in [0, 0.05) is 32.4 Å². The zero-order chi connectivity index (χ0) is 33.4. The number of carbonyl (C=O) groups is 4. The number of piperidine rings is 1. The van der Waals surface area contributed by atoms with E-state index in [4.69, 9.17) is 21.1 Å². The maximum atomic E-state index is 14.0. The number of hydrogen-bond donors (Lipinski definition) is 4. The van der Waals surface area contributed by atoms with Gasteiger partial charge in [-0.05, 0) is 43.7 Å². The lowest BCUT2D eigenvalue weighted by Crippen LogP contribution is -2.61. The topological polar surface area (TPSA) is 164 Å². The molecule has 1 saturated heterocycles. The molecule has 4 heterocycles. The molecule has 1 fully saturated rings. The summed E-state index contributed by atoms with van der Waals surface area (Å²) < 4.78 is 12.2. The molecular formula is C33H38ClN7O6. The van der Waals surface area contributed by atoms with Gasteiger partial charge in [0.15, 0.2) is 5.60 Å². The first kappa shape index (κ1) is 33.5. The lowest BCUT2D eigenvalue weighted by molar-refractivity contribution is -0.142. The van der Waals surface area contributed by atoms with Crippen molar-refractivity contribution in [3.63, 3.8) is 0 Å². The summed E-state index contributed by atoms with van der Waals surface area (Å²) in [5.41, 5.74) is -0.510. The number of fused-ring (bicyclic) bond motifs is 15. The van der Waals surface area contributed by atoms with Crippen LogP contribution in [-0.2, 0) is 25.6 Å². The van der Waals surface area contributed by atoms with Gasteiger partial charge in [0.25, 0.3) is 5.91 Å². The van der Waals surface area contributed by atoms with E-state index >= 15 is 0 Å². The van der Waals surface area contributed by atoms with Crippen molar-refractivity contribution in [3.05, 3.63) is 77.6 Å². The van der Waals surface area contributed by atoms with E-state index in [1.54, 1.807) is 38.1 Å². The Bertz CT molecular complexity index is 1550. The predicted molar refractivity (Wildman–Crippen MR) is 174 cm³/mol. The first-order valence-electron chi connectivity index (χ1n) is 15.5. The first-order chi connectivity index (χ1) is 22.6. The van der Waals surface area contributed by atoms with Crippen molar-refractivity contribution >= 4 is 41.2 Å². The Morgan fingerprint density at radius 3 is 2.15 bits per heavy atom. The summed E-state index contributed by atoms with van der Waals surface area (Å²) in [6, 6.07) is 13.1. The van der Waals surface area contributed by atoms with Crippen LogP contribution in [0.2, 0.25) is 5.02 Å². The van der Waals surface area contributed by atoms with Gasteiger partial charge >= 0.3 is 0 Å². The lowest BCUT2D eigenvalue weighted by Gasteiger charge is -2.41.